The number of hydrogen-bond acceptors (Lipinski definition) is 3. The molecule has 0 unspecified atom stereocenters. The van der Waals surface area contributed by atoms with Gasteiger partial charge in [0.25, 0.3) is 0 Å². The maximum Gasteiger partial charge on any atom is 0.312 e. The van der Waals surface area contributed by atoms with E-state index >= 15 is 0 Å². The molecule has 25 heavy (non-hydrogen) atoms. The quantitative estimate of drug-likeness (QED) is 0.824. The van der Waals surface area contributed by atoms with Crippen molar-refractivity contribution in [3.63, 3.8) is 0 Å². The number of primary amides is 1. The number of hydrogen-bond donors (Lipinski definition) is 2. The molecule has 1 aromatic rings. The second kappa shape index (κ2) is 8.34. The number of carbonyl (C=O) groups is 2. The van der Waals surface area contributed by atoms with Gasteiger partial charge < -0.3 is 16.0 Å². The summed E-state index contributed by atoms with van der Waals surface area (Å²) in [6.07, 6.45) is 2.10. The maximum absolute atomic E-state index is 12.3. The third-order valence-corrected chi connectivity index (χ3v) is 5.04. The molecule has 1 aliphatic rings. The first-order chi connectivity index (χ1) is 11.8. The number of nitrogens with one attached hydrogen (secondary N) is 1. The molecule has 1 atom stereocenters. The summed E-state index contributed by atoms with van der Waals surface area (Å²) in [6.45, 7) is 7.63. The van der Waals surface area contributed by atoms with Crippen LogP contribution >= 0.6 is 0 Å². The fourth-order valence-corrected chi connectivity index (χ4v) is 3.51. The summed E-state index contributed by atoms with van der Waals surface area (Å²) < 4.78 is 0. The number of amides is 3. The highest BCUT2D eigenvalue weighted by Gasteiger charge is 2.33. The van der Waals surface area contributed by atoms with Crippen molar-refractivity contribution < 1.29 is 9.59 Å². The summed E-state index contributed by atoms with van der Waals surface area (Å²) >= 11 is 0. The Balaban J connectivity index is 1.83. The fraction of sp³-hybridized carbons (Fsp3) is 0.579. The first-order valence-corrected chi connectivity index (χ1v) is 8.86. The van der Waals surface area contributed by atoms with E-state index in [1.807, 2.05) is 6.07 Å². The molecule has 2 rings (SSSR count). The number of piperidine rings is 1. The molecule has 1 aromatic carbocycles. The minimum absolute atomic E-state index is 0.101. The smallest absolute Gasteiger partial charge is 0.312 e. The van der Waals surface area contributed by atoms with E-state index < -0.39 is 12.1 Å². The predicted molar refractivity (Wildman–Crippen MR) is 98.9 cm³/mol. The topological polar surface area (TPSA) is 78.7 Å². The largest absolute Gasteiger partial charge is 0.352 e. The van der Waals surface area contributed by atoms with Crippen LogP contribution < -0.4 is 11.1 Å². The summed E-state index contributed by atoms with van der Waals surface area (Å²) in [7, 11) is 1.79. The second-order valence-corrected chi connectivity index (χ2v) is 7.50. The molecule has 1 heterocycles. The fourth-order valence-electron chi connectivity index (χ4n) is 3.51. The summed E-state index contributed by atoms with van der Waals surface area (Å²) in [5, 5.41) is 2.45. The number of nitrogens with two attached hydrogens (primary N) is 1. The Bertz CT molecular complexity index is 582. The third-order valence-electron chi connectivity index (χ3n) is 5.04. The lowest BCUT2D eigenvalue weighted by Crippen LogP contribution is -2.51. The average Bonchev–Trinajstić information content (AvgIpc) is 2.56. The van der Waals surface area contributed by atoms with Crippen molar-refractivity contribution >= 4 is 11.9 Å². The number of likely N-dealkylation sites (tertiary alicyclic amines) is 1. The van der Waals surface area contributed by atoms with E-state index in [1.165, 1.54) is 5.56 Å². The van der Waals surface area contributed by atoms with E-state index in [9.17, 15) is 9.59 Å². The molecule has 1 saturated heterocycles. The SMILES string of the molecule is C[C@H](NC(N)=O)C(=O)N(C)CC1(C)CCN(Cc2ccccc2)CC1. The zero-order valence-corrected chi connectivity index (χ0v) is 15.5. The van der Waals surface area contributed by atoms with Crippen molar-refractivity contribution in [2.24, 2.45) is 11.1 Å². The van der Waals surface area contributed by atoms with Crippen molar-refractivity contribution in [2.45, 2.75) is 39.3 Å². The van der Waals surface area contributed by atoms with Gasteiger partial charge in [-0.05, 0) is 43.8 Å². The van der Waals surface area contributed by atoms with E-state index in [4.69, 9.17) is 5.73 Å². The molecule has 1 aliphatic heterocycles. The van der Waals surface area contributed by atoms with Gasteiger partial charge in [-0.1, -0.05) is 37.3 Å². The van der Waals surface area contributed by atoms with Gasteiger partial charge in [0, 0.05) is 20.1 Å². The van der Waals surface area contributed by atoms with Crippen molar-refractivity contribution in [2.75, 3.05) is 26.7 Å². The number of urea groups is 1. The van der Waals surface area contributed by atoms with Gasteiger partial charge in [-0.15, -0.1) is 0 Å². The summed E-state index contributed by atoms with van der Waals surface area (Å²) in [6, 6.07) is 9.24. The van der Waals surface area contributed by atoms with Crippen LogP contribution in [0, 0.1) is 5.41 Å². The zero-order chi connectivity index (χ0) is 18.4. The van der Waals surface area contributed by atoms with Crippen LogP contribution in [-0.2, 0) is 11.3 Å². The van der Waals surface area contributed by atoms with Crippen LogP contribution in [0.1, 0.15) is 32.3 Å². The Morgan fingerprint density at radius 2 is 1.88 bits per heavy atom. The molecule has 0 aromatic heterocycles. The lowest BCUT2D eigenvalue weighted by Gasteiger charge is -2.41. The van der Waals surface area contributed by atoms with Crippen molar-refractivity contribution in [1.82, 2.24) is 15.1 Å². The Morgan fingerprint density at radius 1 is 1.28 bits per heavy atom. The third kappa shape index (κ3) is 5.74. The minimum atomic E-state index is -0.672. The van der Waals surface area contributed by atoms with Crippen LogP contribution in [0.25, 0.3) is 0 Å². The molecule has 1 fully saturated rings. The highest BCUT2D eigenvalue weighted by atomic mass is 16.2. The molecule has 6 nitrogen and oxygen atoms in total. The van der Waals surface area contributed by atoms with Gasteiger partial charge in [0.05, 0.1) is 0 Å². The molecule has 138 valence electrons. The van der Waals surface area contributed by atoms with Gasteiger partial charge in [-0.2, -0.15) is 0 Å². The number of benzene rings is 1. The van der Waals surface area contributed by atoms with E-state index in [1.54, 1.807) is 18.9 Å². The molecule has 0 radical (unpaired) electrons. The van der Waals surface area contributed by atoms with Gasteiger partial charge in [0.1, 0.15) is 6.04 Å². The number of likely N-dealkylation sites (N-methyl/N-ethyl adjacent to an activating group) is 1. The Hall–Kier alpha value is -2.08. The standard InChI is InChI=1S/C19H30N4O2/c1-15(21-18(20)25)17(24)22(3)14-19(2)9-11-23(12-10-19)13-16-7-5-4-6-8-16/h4-8,15H,9-14H2,1-3H3,(H3,20,21,25)/t15-/m0/s1. The molecule has 6 heteroatoms. The van der Waals surface area contributed by atoms with Gasteiger partial charge in [0.2, 0.25) is 5.91 Å². The first kappa shape index (κ1) is 19.2. The second-order valence-electron chi connectivity index (χ2n) is 7.50. The molecule has 0 spiro atoms. The van der Waals surface area contributed by atoms with Crippen LogP contribution in [0.3, 0.4) is 0 Å². The molecule has 3 amide bonds. The average molecular weight is 346 g/mol. The monoisotopic (exact) mass is 346 g/mol. The number of nitrogens with zero attached hydrogens (tertiary/aromatic N) is 2. The van der Waals surface area contributed by atoms with Gasteiger partial charge in [0.15, 0.2) is 0 Å². The Labute approximate surface area is 150 Å². The summed E-state index contributed by atoms with van der Waals surface area (Å²) in [4.78, 5) is 27.4. The van der Waals surface area contributed by atoms with Gasteiger partial charge in [-0.25, -0.2) is 4.79 Å². The van der Waals surface area contributed by atoms with E-state index in [0.717, 1.165) is 32.5 Å². The summed E-state index contributed by atoms with van der Waals surface area (Å²) in [5.74, 6) is -0.105. The number of rotatable bonds is 6. The molecule has 3 N–H and O–H groups in total. The number of carbonyl (C=O) groups excluding carboxylic acids is 2. The van der Waals surface area contributed by atoms with Gasteiger partial charge >= 0.3 is 6.03 Å². The first-order valence-electron chi connectivity index (χ1n) is 8.86. The van der Waals surface area contributed by atoms with E-state index in [2.05, 4.69) is 41.4 Å². The molecular weight excluding hydrogens is 316 g/mol. The van der Waals surface area contributed by atoms with E-state index in [-0.39, 0.29) is 11.3 Å². The van der Waals surface area contributed by atoms with Crippen molar-refractivity contribution in [1.29, 1.82) is 0 Å². The lowest BCUT2D eigenvalue weighted by atomic mass is 9.79. The van der Waals surface area contributed by atoms with Crippen molar-refractivity contribution in [3.05, 3.63) is 35.9 Å². The van der Waals surface area contributed by atoms with Gasteiger partial charge in [-0.3, -0.25) is 9.69 Å². The van der Waals surface area contributed by atoms with Crippen LogP contribution in [0.5, 0.6) is 0 Å². The highest BCUT2D eigenvalue weighted by molar-refractivity contribution is 5.86. The zero-order valence-electron chi connectivity index (χ0n) is 15.5. The Kier molecular flexibility index (Phi) is 6.42. The summed E-state index contributed by atoms with van der Waals surface area (Å²) in [5.41, 5.74) is 6.53. The maximum atomic E-state index is 12.3. The predicted octanol–water partition coefficient (Wildman–Crippen LogP) is 1.80. The van der Waals surface area contributed by atoms with Crippen LogP contribution in [0.2, 0.25) is 0 Å². The Morgan fingerprint density at radius 3 is 2.44 bits per heavy atom. The highest BCUT2D eigenvalue weighted by Crippen LogP contribution is 2.32. The minimum Gasteiger partial charge on any atom is -0.352 e. The van der Waals surface area contributed by atoms with Crippen LogP contribution in [-0.4, -0.2) is 54.5 Å². The molecular formula is C19H30N4O2. The van der Waals surface area contributed by atoms with Crippen LogP contribution in [0.4, 0.5) is 4.79 Å². The lowest BCUT2D eigenvalue weighted by molar-refractivity contribution is -0.133. The normalized spacial score (nSPS) is 18.4. The molecule has 0 bridgehead atoms. The van der Waals surface area contributed by atoms with Crippen molar-refractivity contribution in [3.8, 4) is 0 Å². The van der Waals surface area contributed by atoms with E-state index in [0.29, 0.717) is 6.54 Å². The molecule has 0 saturated carbocycles. The van der Waals surface area contributed by atoms with Crippen LogP contribution in [0.15, 0.2) is 30.3 Å². The molecule has 0 aliphatic carbocycles.